The van der Waals surface area contributed by atoms with Gasteiger partial charge in [0.2, 0.25) is 0 Å². The lowest BCUT2D eigenvalue weighted by atomic mass is 9.96. The largest absolute Gasteiger partial charge is 0.508 e. The molecule has 3 fully saturated rings. The highest BCUT2D eigenvalue weighted by molar-refractivity contribution is 6.03. The maximum Gasteiger partial charge on any atom is 0.319 e. The molecule has 0 saturated carbocycles. The van der Waals surface area contributed by atoms with Crippen LogP contribution in [0.4, 0.5) is 14.6 Å². The van der Waals surface area contributed by atoms with Gasteiger partial charge >= 0.3 is 6.01 Å². The Bertz CT molecular complexity index is 1920. The standard InChI is InChI=1S/C39H45F2N7O3.C2H6/c1-2-30-33(40)12-9-26-21-29(50)22-31(34(26)30)36-35(41)37-32(23-42-36)38(48-24-27-10-11-28(25-48)43-27)45-39(44-37)51-20-8-14-47-17-15-46(16-18-47)13-6-4-3-5-7-19-49;1-2/h1,9,12,19,21-23,27-28,43,50H,3-8,10-11,13-18,20,24-25H2;1-2H3. The number of nitrogens with zero attached hydrogens (tertiary/aromatic N) is 6. The fourth-order valence-electron chi connectivity index (χ4n) is 7.84. The molecule has 0 radical (unpaired) electrons. The Balaban J connectivity index is 0.00000236. The molecule has 10 nitrogen and oxygen atoms in total. The predicted octanol–water partition coefficient (Wildman–Crippen LogP) is 6.31. The molecule has 2 bridgehead atoms. The third-order valence-electron chi connectivity index (χ3n) is 10.5. The van der Waals surface area contributed by atoms with Gasteiger partial charge in [0.1, 0.15) is 34.9 Å². The summed E-state index contributed by atoms with van der Waals surface area (Å²) in [6.07, 6.45) is 16.3. The van der Waals surface area contributed by atoms with Crippen molar-refractivity contribution in [2.24, 2.45) is 0 Å². The van der Waals surface area contributed by atoms with Crippen molar-refractivity contribution in [2.45, 2.75) is 77.3 Å². The molecule has 0 amide bonds. The maximum atomic E-state index is 16.8. The van der Waals surface area contributed by atoms with Gasteiger partial charge in [0.25, 0.3) is 0 Å². The van der Waals surface area contributed by atoms with E-state index in [1.165, 1.54) is 37.1 Å². The quantitative estimate of drug-likeness (QED) is 0.0872. The molecule has 4 aromatic rings. The Labute approximate surface area is 310 Å². The van der Waals surface area contributed by atoms with Gasteiger partial charge in [-0.2, -0.15) is 9.97 Å². The number of aldehydes is 1. The van der Waals surface area contributed by atoms with Crippen molar-refractivity contribution < 1.29 is 23.4 Å². The highest BCUT2D eigenvalue weighted by atomic mass is 19.1. The molecule has 12 heteroatoms. The Morgan fingerprint density at radius 1 is 0.981 bits per heavy atom. The zero-order valence-corrected chi connectivity index (χ0v) is 30.9. The van der Waals surface area contributed by atoms with E-state index in [2.05, 4.69) is 35.9 Å². The van der Waals surface area contributed by atoms with Crippen LogP contribution in [0.15, 0.2) is 30.5 Å². The molecular formula is C41H51F2N7O3. The van der Waals surface area contributed by atoms with E-state index in [9.17, 15) is 14.3 Å². The summed E-state index contributed by atoms with van der Waals surface area (Å²) in [5, 5.41) is 15.4. The molecule has 0 spiro atoms. The number of pyridine rings is 1. The summed E-state index contributed by atoms with van der Waals surface area (Å²) in [5.41, 5.74) is 0.0881. The minimum atomic E-state index is -0.725. The first-order chi connectivity index (χ1) is 25.9. The van der Waals surface area contributed by atoms with Gasteiger partial charge in [-0.3, -0.25) is 4.98 Å². The zero-order chi connectivity index (χ0) is 37.3. The number of benzene rings is 2. The van der Waals surface area contributed by atoms with Crippen LogP contribution in [-0.2, 0) is 4.79 Å². The fraction of sp³-hybridized carbons (Fsp3) is 0.512. The Kier molecular flexibility index (Phi) is 13.0. The van der Waals surface area contributed by atoms with Crippen LogP contribution in [0.5, 0.6) is 11.8 Å². The van der Waals surface area contributed by atoms with Crippen molar-refractivity contribution in [3.05, 3.63) is 47.7 Å². The molecule has 2 atom stereocenters. The van der Waals surface area contributed by atoms with Gasteiger partial charge in [-0.25, -0.2) is 8.78 Å². The van der Waals surface area contributed by atoms with Gasteiger partial charge in [-0.15, -0.1) is 6.42 Å². The topological polar surface area (TPSA) is 107 Å². The number of halogens is 2. The summed E-state index contributed by atoms with van der Waals surface area (Å²) in [5.74, 6) is 1.49. The fourth-order valence-corrected chi connectivity index (χ4v) is 7.84. The number of carbonyl (C=O) groups excluding carboxylic acids is 1. The smallest absolute Gasteiger partial charge is 0.319 e. The number of phenolic OH excluding ortho intramolecular Hbond substituents is 1. The average Bonchev–Trinajstić information content (AvgIpc) is 3.52. The number of piperazine rings is 2. The number of hydrogen-bond acceptors (Lipinski definition) is 10. The van der Waals surface area contributed by atoms with E-state index in [1.54, 1.807) is 6.20 Å². The second-order valence-electron chi connectivity index (χ2n) is 14.0. The summed E-state index contributed by atoms with van der Waals surface area (Å²) in [4.78, 5) is 31.5. The minimum Gasteiger partial charge on any atom is -0.508 e. The maximum absolute atomic E-state index is 16.8. The number of hydrogen-bond donors (Lipinski definition) is 2. The second kappa shape index (κ2) is 18.1. The Morgan fingerprint density at radius 2 is 1.68 bits per heavy atom. The van der Waals surface area contributed by atoms with Gasteiger partial charge in [-0.05, 0) is 62.2 Å². The van der Waals surface area contributed by atoms with Crippen LogP contribution in [0.1, 0.15) is 70.8 Å². The molecule has 2 unspecified atom stereocenters. The number of fused-ring (bicyclic) bond motifs is 4. The summed E-state index contributed by atoms with van der Waals surface area (Å²) < 4.78 is 37.7. The van der Waals surface area contributed by atoms with Crippen molar-refractivity contribution in [2.75, 3.05) is 63.9 Å². The molecule has 7 rings (SSSR count). The molecule has 5 heterocycles. The molecule has 3 saturated heterocycles. The number of aromatic hydroxyl groups is 1. The first kappa shape index (κ1) is 38.3. The van der Waals surface area contributed by atoms with Crippen LogP contribution < -0.4 is 15.0 Å². The van der Waals surface area contributed by atoms with Crippen LogP contribution in [-0.4, -0.2) is 107 Å². The highest BCUT2D eigenvalue weighted by Crippen LogP contribution is 2.39. The predicted molar refractivity (Wildman–Crippen MR) is 205 cm³/mol. The van der Waals surface area contributed by atoms with Crippen LogP contribution >= 0.6 is 0 Å². The number of phenols is 1. The van der Waals surface area contributed by atoms with Crippen molar-refractivity contribution in [3.8, 4) is 35.4 Å². The van der Waals surface area contributed by atoms with E-state index >= 15 is 4.39 Å². The lowest BCUT2D eigenvalue weighted by Gasteiger charge is -2.34. The lowest BCUT2D eigenvalue weighted by molar-refractivity contribution is -0.107. The van der Waals surface area contributed by atoms with E-state index in [4.69, 9.17) is 16.1 Å². The number of rotatable bonds is 14. The summed E-state index contributed by atoms with van der Waals surface area (Å²) >= 11 is 0. The molecule has 0 aliphatic carbocycles. The first-order valence-corrected chi connectivity index (χ1v) is 19.2. The van der Waals surface area contributed by atoms with Gasteiger partial charge in [-0.1, -0.05) is 38.7 Å². The van der Waals surface area contributed by atoms with Gasteiger partial charge in [0, 0.05) is 81.5 Å². The van der Waals surface area contributed by atoms with E-state index in [1.807, 2.05) is 13.8 Å². The third kappa shape index (κ3) is 8.86. The molecule has 282 valence electrons. The molecular weight excluding hydrogens is 676 g/mol. The van der Waals surface area contributed by atoms with E-state index < -0.39 is 11.6 Å². The molecule has 53 heavy (non-hydrogen) atoms. The normalized spacial score (nSPS) is 18.9. The van der Waals surface area contributed by atoms with E-state index in [-0.39, 0.29) is 39.5 Å². The highest BCUT2D eigenvalue weighted by Gasteiger charge is 2.34. The molecule has 2 aromatic heterocycles. The number of terminal acetylenes is 1. The number of nitrogens with one attached hydrogen (secondary N) is 1. The van der Waals surface area contributed by atoms with E-state index in [0.717, 1.165) is 90.7 Å². The van der Waals surface area contributed by atoms with E-state index in [0.29, 0.717) is 41.7 Å². The first-order valence-electron chi connectivity index (χ1n) is 19.2. The molecule has 3 aliphatic rings. The monoisotopic (exact) mass is 727 g/mol. The lowest BCUT2D eigenvalue weighted by Crippen LogP contribution is -2.51. The van der Waals surface area contributed by atoms with Gasteiger partial charge in [0.05, 0.1) is 17.6 Å². The number of ether oxygens (including phenoxy) is 1. The van der Waals surface area contributed by atoms with Crippen LogP contribution in [0.3, 0.4) is 0 Å². The minimum absolute atomic E-state index is 0.0312. The van der Waals surface area contributed by atoms with Crippen molar-refractivity contribution in [3.63, 3.8) is 0 Å². The van der Waals surface area contributed by atoms with Crippen LogP contribution in [0.2, 0.25) is 0 Å². The Morgan fingerprint density at radius 3 is 2.38 bits per heavy atom. The summed E-state index contributed by atoms with van der Waals surface area (Å²) in [7, 11) is 0. The van der Waals surface area contributed by atoms with Crippen molar-refractivity contribution in [1.82, 2.24) is 30.1 Å². The summed E-state index contributed by atoms with van der Waals surface area (Å²) in [6, 6.07) is 6.28. The SMILES string of the molecule is C#Cc1c(F)ccc2cc(O)cc(-c3ncc4c(N5CC6CCC(C5)N6)nc(OCCCN5CCN(CCCCCCC=O)CC5)nc4c3F)c12.CC. The third-order valence-corrected chi connectivity index (χ3v) is 10.5. The Hall–Kier alpha value is -4.44. The van der Waals surface area contributed by atoms with Gasteiger partial charge in [0.15, 0.2) is 5.82 Å². The number of unbranched alkanes of at least 4 members (excludes halogenated alkanes) is 4. The van der Waals surface area contributed by atoms with Crippen LogP contribution in [0.25, 0.3) is 32.9 Å². The average molecular weight is 728 g/mol. The molecule has 2 N–H and O–H groups in total. The second-order valence-corrected chi connectivity index (χ2v) is 14.0. The van der Waals surface area contributed by atoms with Crippen LogP contribution in [0, 0.1) is 24.0 Å². The molecule has 3 aliphatic heterocycles. The molecule has 2 aromatic carbocycles. The zero-order valence-electron chi connectivity index (χ0n) is 30.9. The van der Waals surface area contributed by atoms with Crippen molar-refractivity contribution in [1.29, 1.82) is 0 Å². The number of aromatic nitrogens is 3. The van der Waals surface area contributed by atoms with Crippen molar-refractivity contribution >= 4 is 33.8 Å². The number of carbonyl (C=O) groups is 1. The number of anilines is 1. The van der Waals surface area contributed by atoms with Gasteiger partial charge < -0.3 is 34.7 Å². The summed E-state index contributed by atoms with van der Waals surface area (Å²) in [6.45, 7) is 11.9.